The van der Waals surface area contributed by atoms with Gasteiger partial charge in [-0.25, -0.2) is 4.98 Å². The Bertz CT molecular complexity index is 1430. The third kappa shape index (κ3) is 4.86. The van der Waals surface area contributed by atoms with Crippen molar-refractivity contribution in [3.05, 3.63) is 59.8 Å². The Morgan fingerprint density at radius 2 is 1.82 bits per heavy atom. The molecule has 38 heavy (non-hydrogen) atoms. The predicted octanol–water partition coefficient (Wildman–Crippen LogP) is 4.13. The van der Waals surface area contributed by atoms with Gasteiger partial charge in [0.2, 0.25) is 0 Å². The molecule has 0 bridgehead atoms. The normalized spacial score (nSPS) is 18.0. The zero-order valence-corrected chi connectivity index (χ0v) is 21.6. The molecule has 0 aliphatic carbocycles. The maximum atomic E-state index is 14.2. The number of fused-ring (bicyclic) bond motifs is 2. The van der Waals surface area contributed by atoms with Gasteiger partial charge >= 0.3 is 6.18 Å². The van der Waals surface area contributed by atoms with Crippen molar-refractivity contribution >= 4 is 16.6 Å². The lowest BCUT2D eigenvalue weighted by molar-refractivity contribution is -0.183. The molecule has 0 radical (unpaired) electrons. The largest absolute Gasteiger partial charge is 0.408 e. The fourth-order valence-electron chi connectivity index (χ4n) is 5.49. The number of ether oxygens (including phenoxy) is 2. The summed E-state index contributed by atoms with van der Waals surface area (Å²) in [7, 11) is 3.28. The highest BCUT2D eigenvalue weighted by molar-refractivity contribution is 5.85. The van der Waals surface area contributed by atoms with Gasteiger partial charge in [-0.15, -0.1) is 10.2 Å². The zero-order valence-electron chi connectivity index (χ0n) is 21.6. The molecule has 4 heterocycles. The van der Waals surface area contributed by atoms with Crippen LogP contribution in [0.3, 0.4) is 0 Å². The lowest BCUT2D eigenvalue weighted by Crippen LogP contribution is -2.38. The minimum absolute atomic E-state index is 0.106. The summed E-state index contributed by atoms with van der Waals surface area (Å²) in [5.41, 5.74) is 8.18. The van der Waals surface area contributed by atoms with E-state index < -0.39 is 17.6 Å². The van der Waals surface area contributed by atoms with Gasteiger partial charge in [-0.1, -0.05) is 37.3 Å². The van der Waals surface area contributed by atoms with Crippen LogP contribution in [0, 0.1) is 0 Å². The summed E-state index contributed by atoms with van der Waals surface area (Å²) in [4.78, 5) is 6.32. The quantitative estimate of drug-likeness (QED) is 0.368. The van der Waals surface area contributed by atoms with Crippen LogP contribution in [0.25, 0.3) is 28.1 Å². The van der Waals surface area contributed by atoms with Gasteiger partial charge in [0.15, 0.2) is 11.5 Å². The Hall–Kier alpha value is -3.12. The van der Waals surface area contributed by atoms with Crippen LogP contribution in [-0.4, -0.2) is 77.2 Å². The van der Waals surface area contributed by atoms with Crippen LogP contribution in [0.1, 0.15) is 30.5 Å². The zero-order chi connectivity index (χ0) is 27.1. The molecule has 4 aromatic rings. The van der Waals surface area contributed by atoms with Crippen molar-refractivity contribution in [3.8, 4) is 11.5 Å². The number of hydrogen-bond donors (Lipinski definition) is 1. The summed E-state index contributed by atoms with van der Waals surface area (Å²) >= 11 is 0. The molecule has 2 atom stereocenters. The number of aromatic nitrogens is 4. The molecule has 0 saturated carbocycles. The molecule has 1 saturated heterocycles. The highest BCUT2D eigenvalue weighted by Crippen LogP contribution is 2.40. The van der Waals surface area contributed by atoms with Crippen LogP contribution in [0.2, 0.25) is 0 Å². The number of rotatable bonds is 8. The SMILES string of the molecule is COCC(C)(COC)c1cccc2ccc(-c3nnc4ccc([C@@H](N5CC[C@H](N)C5)C(F)(F)F)cn34)nc12. The molecule has 202 valence electrons. The minimum atomic E-state index is -4.46. The fraction of sp³-hybridized carbons (Fsp3) is 0.444. The second-order valence-corrected chi connectivity index (χ2v) is 10.2. The molecule has 0 spiro atoms. The number of hydrogen-bond acceptors (Lipinski definition) is 7. The van der Waals surface area contributed by atoms with Crippen LogP contribution in [-0.2, 0) is 14.9 Å². The predicted molar refractivity (Wildman–Crippen MR) is 138 cm³/mol. The molecule has 1 fully saturated rings. The summed E-state index contributed by atoms with van der Waals surface area (Å²) in [5, 5.41) is 9.41. The first kappa shape index (κ1) is 26.5. The Kier molecular flexibility index (Phi) is 7.12. The number of nitrogens with two attached hydrogens (primary N) is 1. The Morgan fingerprint density at radius 3 is 2.47 bits per heavy atom. The van der Waals surface area contributed by atoms with E-state index in [1.165, 1.54) is 17.2 Å². The average molecular weight is 529 g/mol. The van der Waals surface area contributed by atoms with Crippen LogP contribution < -0.4 is 5.73 Å². The number of para-hydroxylation sites is 1. The summed E-state index contributed by atoms with van der Waals surface area (Å²) in [6, 6.07) is 10.6. The van der Waals surface area contributed by atoms with E-state index in [0.29, 0.717) is 36.8 Å². The molecular formula is C27H31F3N6O2. The summed E-state index contributed by atoms with van der Waals surface area (Å²) in [6.45, 7) is 3.36. The maximum Gasteiger partial charge on any atom is 0.408 e. The first-order valence-electron chi connectivity index (χ1n) is 12.4. The molecule has 11 heteroatoms. The van der Waals surface area contributed by atoms with Gasteiger partial charge in [0.25, 0.3) is 0 Å². The molecule has 1 aliphatic heterocycles. The van der Waals surface area contributed by atoms with Crippen LogP contribution in [0.4, 0.5) is 13.2 Å². The Balaban J connectivity index is 1.62. The molecule has 3 aromatic heterocycles. The molecule has 2 N–H and O–H groups in total. The molecular weight excluding hydrogens is 497 g/mol. The van der Waals surface area contributed by atoms with Crippen molar-refractivity contribution in [2.45, 2.75) is 37.0 Å². The molecule has 5 rings (SSSR count). The van der Waals surface area contributed by atoms with E-state index in [0.717, 1.165) is 16.5 Å². The highest BCUT2D eigenvalue weighted by atomic mass is 19.4. The van der Waals surface area contributed by atoms with Crippen molar-refractivity contribution < 1.29 is 22.6 Å². The first-order valence-corrected chi connectivity index (χ1v) is 12.4. The molecule has 1 aliphatic rings. The molecule has 0 amide bonds. The van der Waals surface area contributed by atoms with Crippen LogP contribution >= 0.6 is 0 Å². The number of likely N-dealkylation sites (tertiary alicyclic amines) is 1. The minimum Gasteiger partial charge on any atom is -0.384 e. The van der Waals surface area contributed by atoms with Crippen molar-refractivity contribution in [1.82, 2.24) is 24.5 Å². The fourth-order valence-corrected chi connectivity index (χ4v) is 5.49. The average Bonchev–Trinajstić information content (AvgIpc) is 3.48. The van der Waals surface area contributed by atoms with Gasteiger partial charge in [-0.3, -0.25) is 9.30 Å². The summed E-state index contributed by atoms with van der Waals surface area (Å²) < 4.78 is 55.3. The van der Waals surface area contributed by atoms with Gasteiger partial charge in [0, 0.05) is 50.3 Å². The van der Waals surface area contributed by atoms with E-state index in [1.54, 1.807) is 30.8 Å². The van der Waals surface area contributed by atoms with E-state index in [2.05, 4.69) is 10.2 Å². The van der Waals surface area contributed by atoms with Crippen LogP contribution in [0.5, 0.6) is 0 Å². The smallest absolute Gasteiger partial charge is 0.384 e. The third-order valence-electron chi connectivity index (χ3n) is 7.20. The van der Waals surface area contributed by atoms with Gasteiger partial charge in [-0.2, -0.15) is 13.2 Å². The van der Waals surface area contributed by atoms with E-state index in [4.69, 9.17) is 20.2 Å². The monoisotopic (exact) mass is 528 g/mol. The molecule has 1 aromatic carbocycles. The maximum absolute atomic E-state index is 14.2. The van der Waals surface area contributed by atoms with E-state index in [9.17, 15) is 13.2 Å². The number of pyridine rings is 2. The van der Waals surface area contributed by atoms with E-state index in [1.807, 2.05) is 31.2 Å². The van der Waals surface area contributed by atoms with Crippen LogP contribution in [0.15, 0.2) is 48.7 Å². The van der Waals surface area contributed by atoms with E-state index >= 15 is 0 Å². The van der Waals surface area contributed by atoms with Crippen molar-refractivity contribution in [3.63, 3.8) is 0 Å². The third-order valence-corrected chi connectivity index (χ3v) is 7.20. The lowest BCUT2D eigenvalue weighted by atomic mass is 9.82. The second-order valence-electron chi connectivity index (χ2n) is 10.2. The number of nitrogens with zero attached hydrogens (tertiary/aromatic N) is 5. The molecule has 0 unspecified atom stereocenters. The van der Waals surface area contributed by atoms with Crippen molar-refractivity contribution in [2.24, 2.45) is 5.73 Å². The number of halogens is 3. The van der Waals surface area contributed by atoms with Crippen molar-refractivity contribution in [1.29, 1.82) is 0 Å². The van der Waals surface area contributed by atoms with Gasteiger partial charge in [0.05, 0.1) is 18.7 Å². The second kappa shape index (κ2) is 10.2. The number of methoxy groups -OCH3 is 2. The molecule has 8 nitrogen and oxygen atoms in total. The van der Waals surface area contributed by atoms with Gasteiger partial charge < -0.3 is 15.2 Å². The first-order chi connectivity index (χ1) is 18.1. The van der Waals surface area contributed by atoms with Gasteiger partial charge in [-0.05, 0) is 29.7 Å². The Labute approximate surface area is 218 Å². The summed E-state index contributed by atoms with van der Waals surface area (Å²) in [6.07, 6.45) is -2.47. The summed E-state index contributed by atoms with van der Waals surface area (Å²) in [5.74, 6) is 0.359. The lowest BCUT2D eigenvalue weighted by Gasteiger charge is -2.30. The van der Waals surface area contributed by atoms with E-state index in [-0.39, 0.29) is 24.7 Å². The van der Waals surface area contributed by atoms with Crippen molar-refractivity contribution in [2.75, 3.05) is 40.5 Å². The highest BCUT2D eigenvalue weighted by Gasteiger charge is 2.46. The van der Waals surface area contributed by atoms with Gasteiger partial charge in [0.1, 0.15) is 11.7 Å². The topological polar surface area (TPSA) is 90.8 Å². The number of alkyl halides is 3. The standard InChI is InChI=1S/C27H31F3N6O2/c1-26(15-37-2,16-38-3)20-6-4-5-17-7-9-21(32-23(17)20)25-34-33-22-10-8-18(13-36(22)25)24(27(28,29)30)35-12-11-19(31)14-35/h4-10,13,19,24H,11-12,14-16,31H2,1-3H3/t19-,24+/m0/s1. The number of benzene rings is 1. The Morgan fingerprint density at radius 1 is 1.05 bits per heavy atom.